The zero-order chi connectivity index (χ0) is 7.68. The molecule has 0 unspecified atom stereocenters. The number of hydrogen-bond donors (Lipinski definition) is 0. The van der Waals surface area contributed by atoms with Crippen molar-refractivity contribution >= 4 is 10.8 Å². The van der Waals surface area contributed by atoms with Gasteiger partial charge in [-0.1, -0.05) is 19.1 Å². The SMILES string of the molecule is Cc1[c-]c2ccccc2cc1.[K+]. The van der Waals surface area contributed by atoms with Crippen LogP contribution in [-0.2, 0) is 0 Å². The van der Waals surface area contributed by atoms with Crippen molar-refractivity contribution in [2.45, 2.75) is 6.92 Å². The second-order valence-electron chi connectivity index (χ2n) is 2.73. The van der Waals surface area contributed by atoms with Crippen LogP contribution in [0.15, 0.2) is 36.4 Å². The van der Waals surface area contributed by atoms with Crippen molar-refractivity contribution in [1.29, 1.82) is 0 Å². The maximum atomic E-state index is 3.29. The Hall–Kier alpha value is 0.336. The van der Waals surface area contributed by atoms with Gasteiger partial charge in [0.1, 0.15) is 0 Å². The average Bonchev–Trinajstić information content (AvgIpc) is 2.04. The van der Waals surface area contributed by atoms with Crippen molar-refractivity contribution in [2.75, 3.05) is 0 Å². The molecule has 0 saturated carbocycles. The molecule has 0 saturated heterocycles. The third-order valence-electron chi connectivity index (χ3n) is 1.81. The van der Waals surface area contributed by atoms with Crippen molar-refractivity contribution in [2.24, 2.45) is 0 Å². The van der Waals surface area contributed by atoms with Crippen molar-refractivity contribution in [3.63, 3.8) is 0 Å². The van der Waals surface area contributed by atoms with Crippen LogP contribution < -0.4 is 51.4 Å². The minimum Gasteiger partial charge on any atom is -0.143 e. The van der Waals surface area contributed by atoms with Crippen LogP contribution in [-0.4, -0.2) is 0 Å². The molecule has 0 bridgehead atoms. The normalized spacial score (nSPS) is 9.42. The standard InChI is InChI=1S/C11H9.K/c1-9-6-7-10-4-2-3-5-11(10)8-9;/h2-7H,1H3;/q-1;+1. The summed E-state index contributed by atoms with van der Waals surface area (Å²) >= 11 is 0. The predicted octanol–water partition coefficient (Wildman–Crippen LogP) is -0.0476. The van der Waals surface area contributed by atoms with Crippen LogP contribution in [0.5, 0.6) is 0 Å². The first kappa shape index (κ1) is 10.4. The summed E-state index contributed by atoms with van der Waals surface area (Å²) in [5.41, 5.74) is 1.20. The molecule has 2 aromatic carbocycles. The number of benzene rings is 2. The average molecular weight is 180 g/mol. The van der Waals surface area contributed by atoms with E-state index in [-0.39, 0.29) is 51.4 Å². The molecule has 0 N–H and O–H groups in total. The van der Waals surface area contributed by atoms with Gasteiger partial charge in [0.05, 0.1) is 0 Å². The van der Waals surface area contributed by atoms with E-state index >= 15 is 0 Å². The fraction of sp³-hybridized carbons (Fsp3) is 0.0909. The summed E-state index contributed by atoms with van der Waals surface area (Å²) in [5.74, 6) is 0. The summed E-state index contributed by atoms with van der Waals surface area (Å²) < 4.78 is 0. The summed E-state index contributed by atoms with van der Waals surface area (Å²) in [6.45, 7) is 2.06. The van der Waals surface area contributed by atoms with Gasteiger partial charge in [-0.05, 0) is 0 Å². The molecule has 0 radical (unpaired) electrons. The molecule has 0 atom stereocenters. The molecule has 2 aromatic rings. The summed E-state index contributed by atoms with van der Waals surface area (Å²) in [7, 11) is 0. The smallest absolute Gasteiger partial charge is 0.143 e. The number of fused-ring (bicyclic) bond motifs is 1. The molecule has 0 nitrogen and oxygen atoms in total. The van der Waals surface area contributed by atoms with E-state index < -0.39 is 0 Å². The molecule has 54 valence electrons. The molecule has 0 aliphatic heterocycles. The zero-order valence-corrected chi connectivity index (χ0v) is 10.6. The van der Waals surface area contributed by atoms with Gasteiger partial charge >= 0.3 is 51.4 Å². The first-order valence-electron chi connectivity index (χ1n) is 3.74. The van der Waals surface area contributed by atoms with Gasteiger partial charge in [0.25, 0.3) is 0 Å². The van der Waals surface area contributed by atoms with Gasteiger partial charge in [-0.25, -0.2) is 0 Å². The predicted molar refractivity (Wildman–Crippen MR) is 47.5 cm³/mol. The van der Waals surface area contributed by atoms with Crippen LogP contribution in [0, 0.1) is 13.0 Å². The first-order valence-corrected chi connectivity index (χ1v) is 3.74. The minimum atomic E-state index is 0. The third kappa shape index (κ3) is 2.18. The van der Waals surface area contributed by atoms with Crippen LogP contribution in [0.25, 0.3) is 10.8 Å². The van der Waals surface area contributed by atoms with E-state index in [0.29, 0.717) is 0 Å². The first-order chi connectivity index (χ1) is 5.36. The van der Waals surface area contributed by atoms with E-state index in [1.54, 1.807) is 0 Å². The summed E-state index contributed by atoms with van der Waals surface area (Å²) in [4.78, 5) is 0. The van der Waals surface area contributed by atoms with Gasteiger partial charge < -0.3 is 0 Å². The number of hydrogen-bond acceptors (Lipinski definition) is 0. The van der Waals surface area contributed by atoms with Crippen LogP contribution in [0.2, 0.25) is 0 Å². The van der Waals surface area contributed by atoms with E-state index in [2.05, 4.69) is 37.3 Å². The minimum absolute atomic E-state index is 0. The van der Waals surface area contributed by atoms with Crippen LogP contribution in [0.4, 0.5) is 0 Å². The van der Waals surface area contributed by atoms with Crippen molar-refractivity contribution in [3.05, 3.63) is 48.0 Å². The second kappa shape index (κ2) is 4.54. The zero-order valence-electron chi connectivity index (χ0n) is 7.46. The molecule has 0 aliphatic carbocycles. The molecular formula is C11H9K. The maximum Gasteiger partial charge on any atom is 1.00 e. The van der Waals surface area contributed by atoms with Crippen LogP contribution >= 0.6 is 0 Å². The fourth-order valence-corrected chi connectivity index (χ4v) is 1.23. The Morgan fingerprint density at radius 3 is 2.58 bits per heavy atom. The van der Waals surface area contributed by atoms with Gasteiger partial charge in [-0.15, -0.1) is 46.7 Å². The second-order valence-corrected chi connectivity index (χ2v) is 2.73. The third-order valence-corrected chi connectivity index (χ3v) is 1.81. The van der Waals surface area contributed by atoms with Crippen molar-refractivity contribution < 1.29 is 51.4 Å². The van der Waals surface area contributed by atoms with Gasteiger partial charge in [-0.3, -0.25) is 0 Å². The Labute approximate surface area is 115 Å². The molecule has 2 rings (SSSR count). The molecule has 0 fully saturated rings. The molecule has 12 heavy (non-hydrogen) atoms. The monoisotopic (exact) mass is 180 g/mol. The van der Waals surface area contributed by atoms with Gasteiger partial charge in [0.2, 0.25) is 0 Å². The van der Waals surface area contributed by atoms with E-state index in [9.17, 15) is 0 Å². The Kier molecular flexibility index (Phi) is 3.94. The molecule has 1 heteroatoms. The van der Waals surface area contributed by atoms with E-state index in [1.165, 1.54) is 16.3 Å². The summed E-state index contributed by atoms with van der Waals surface area (Å²) in [5, 5.41) is 2.46. The van der Waals surface area contributed by atoms with Gasteiger partial charge in [-0.2, -0.15) is 0 Å². The Morgan fingerprint density at radius 1 is 1.00 bits per heavy atom. The van der Waals surface area contributed by atoms with Crippen LogP contribution in [0.1, 0.15) is 5.56 Å². The van der Waals surface area contributed by atoms with Crippen LogP contribution in [0.3, 0.4) is 0 Å². The molecule has 0 aromatic heterocycles. The van der Waals surface area contributed by atoms with Crippen molar-refractivity contribution in [1.82, 2.24) is 0 Å². The number of aryl methyl sites for hydroxylation is 1. The van der Waals surface area contributed by atoms with Crippen molar-refractivity contribution in [3.8, 4) is 0 Å². The molecule has 0 amide bonds. The summed E-state index contributed by atoms with van der Waals surface area (Å²) in [6, 6.07) is 15.8. The Morgan fingerprint density at radius 2 is 1.75 bits per heavy atom. The quantitative estimate of drug-likeness (QED) is 0.394. The molecule has 0 aliphatic rings. The van der Waals surface area contributed by atoms with E-state index in [4.69, 9.17) is 0 Å². The molecule has 0 heterocycles. The fourth-order valence-electron chi connectivity index (χ4n) is 1.23. The topological polar surface area (TPSA) is 0 Å². The Balaban J connectivity index is 0.000000720. The van der Waals surface area contributed by atoms with Gasteiger partial charge in [0.15, 0.2) is 0 Å². The largest absolute Gasteiger partial charge is 1.00 e. The summed E-state index contributed by atoms with van der Waals surface area (Å²) in [6.07, 6.45) is 0. The number of rotatable bonds is 0. The Bertz CT molecular complexity index is 379. The van der Waals surface area contributed by atoms with E-state index in [1.807, 2.05) is 12.1 Å². The maximum absolute atomic E-state index is 3.29. The molecule has 0 spiro atoms. The van der Waals surface area contributed by atoms with E-state index in [0.717, 1.165) is 0 Å². The van der Waals surface area contributed by atoms with Gasteiger partial charge in [0, 0.05) is 0 Å². The molecular weight excluding hydrogens is 171 g/mol.